The molecule has 38 heavy (non-hydrogen) atoms. The van der Waals surface area contributed by atoms with E-state index in [1.807, 2.05) is 45.9 Å². The number of thiol groups is 1. The number of rotatable bonds is 15. The van der Waals surface area contributed by atoms with Gasteiger partial charge in [0.05, 0.1) is 7.11 Å². The maximum Gasteiger partial charge on any atom is 0.408 e. The van der Waals surface area contributed by atoms with Gasteiger partial charge in [0, 0.05) is 12.3 Å². The Hall–Kier alpha value is -3.28. The molecular weight excluding hydrogens is 512 g/mol. The molecule has 3 amide bonds. The zero-order valence-electron chi connectivity index (χ0n) is 22.6. The molecule has 0 unspecified atom stereocenters. The molecule has 0 aromatic heterocycles. The van der Waals surface area contributed by atoms with Crippen LogP contribution in [0.4, 0.5) is 4.79 Å². The number of aliphatic imine (C=N–C) groups is 1. The summed E-state index contributed by atoms with van der Waals surface area (Å²) >= 11 is 4.13. The van der Waals surface area contributed by atoms with Crippen LogP contribution in [0, 0.1) is 11.8 Å². The second-order valence-electron chi connectivity index (χ2n) is 9.54. The van der Waals surface area contributed by atoms with E-state index in [0.29, 0.717) is 6.42 Å². The Kier molecular flexibility index (Phi) is 14.9. The van der Waals surface area contributed by atoms with Crippen LogP contribution in [0.25, 0.3) is 0 Å². The number of hydrogen-bond acceptors (Lipinski definition) is 9. The average molecular weight is 552 g/mol. The molecular formula is C26H39N4O7S-. The number of nitrogens with zero attached hydrogens (tertiary/aromatic N) is 1. The summed E-state index contributed by atoms with van der Waals surface area (Å²) in [6.45, 7) is 7.08. The van der Waals surface area contributed by atoms with Gasteiger partial charge in [0.25, 0.3) is 0 Å². The van der Waals surface area contributed by atoms with Crippen LogP contribution in [0.5, 0.6) is 0 Å². The predicted octanol–water partition coefficient (Wildman–Crippen LogP) is 1.20. The molecule has 0 saturated heterocycles. The zero-order chi connectivity index (χ0) is 28.7. The van der Waals surface area contributed by atoms with Crippen molar-refractivity contribution in [1.29, 1.82) is 0 Å². The number of esters is 1. The highest BCUT2D eigenvalue weighted by Crippen LogP contribution is 2.10. The van der Waals surface area contributed by atoms with E-state index in [-0.39, 0.29) is 30.6 Å². The number of amides is 3. The Morgan fingerprint density at radius 3 is 2.13 bits per heavy atom. The summed E-state index contributed by atoms with van der Waals surface area (Å²) in [5.41, 5.74) is 0.784. The summed E-state index contributed by atoms with van der Waals surface area (Å²) in [4.78, 5) is 53.6. The molecule has 0 bridgehead atoms. The summed E-state index contributed by atoms with van der Waals surface area (Å²) in [5.74, 6) is -2.46. The predicted molar refractivity (Wildman–Crippen MR) is 144 cm³/mol. The smallest absolute Gasteiger partial charge is 0.408 e. The van der Waals surface area contributed by atoms with Crippen molar-refractivity contribution in [2.24, 2.45) is 16.8 Å². The lowest BCUT2D eigenvalue weighted by atomic mass is 10.0. The number of benzene rings is 1. The highest BCUT2D eigenvalue weighted by atomic mass is 32.1. The van der Waals surface area contributed by atoms with E-state index >= 15 is 0 Å². The van der Waals surface area contributed by atoms with E-state index in [0.717, 1.165) is 5.56 Å². The van der Waals surface area contributed by atoms with Gasteiger partial charge >= 0.3 is 12.1 Å². The van der Waals surface area contributed by atoms with Crippen LogP contribution in [0.15, 0.2) is 35.3 Å². The van der Waals surface area contributed by atoms with Gasteiger partial charge in [-0.3, -0.25) is 14.6 Å². The SMILES string of the molecule is COC(=O)[C@H](CC(C)C)N=C([O-])CNC(=O)[C@H](CC(C)C)NC(=O)[C@H](CS)NC(=O)OCc1ccccc1. The molecule has 1 aromatic rings. The summed E-state index contributed by atoms with van der Waals surface area (Å²) in [6.07, 6.45) is -0.204. The third kappa shape index (κ3) is 12.8. The van der Waals surface area contributed by atoms with Gasteiger partial charge in [0.1, 0.15) is 24.7 Å². The van der Waals surface area contributed by atoms with Gasteiger partial charge < -0.3 is 30.5 Å². The van der Waals surface area contributed by atoms with Gasteiger partial charge in [-0.2, -0.15) is 12.6 Å². The molecule has 0 spiro atoms. The highest BCUT2D eigenvalue weighted by Gasteiger charge is 2.27. The number of nitrogens with one attached hydrogen (secondary N) is 3. The monoisotopic (exact) mass is 551 g/mol. The van der Waals surface area contributed by atoms with Crippen molar-refractivity contribution in [1.82, 2.24) is 16.0 Å². The molecule has 0 aliphatic rings. The van der Waals surface area contributed by atoms with Crippen LogP contribution in [0.2, 0.25) is 0 Å². The van der Waals surface area contributed by atoms with Crippen LogP contribution in [-0.4, -0.2) is 67.3 Å². The number of ether oxygens (including phenoxy) is 2. The Labute approximate surface area is 229 Å². The Morgan fingerprint density at radius 1 is 0.947 bits per heavy atom. The molecule has 1 aromatic carbocycles. The number of methoxy groups -OCH3 is 1. The minimum Gasteiger partial charge on any atom is -0.861 e. The molecule has 0 aliphatic heterocycles. The van der Waals surface area contributed by atoms with Crippen LogP contribution in [0.3, 0.4) is 0 Å². The molecule has 11 nitrogen and oxygen atoms in total. The van der Waals surface area contributed by atoms with Gasteiger partial charge in [-0.05, 0) is 36.1 Å². The number of hydrogen-bond donors (Lipinski definition) is 4. The lowest BCUT2D eigenvalue weighted by Gasteiger charge is -2.24. The van der Waals surface area contributed by atoms with Crippen molar-refractivity contribution >= 4 is 42.4 Å². The van der Waals surface area contributed by atoms with E-state index in [1.54, 1.807) is 12.1 Å². The van der Waals surface area contributed by atoms with Crippen LogP contribution >= 0.6 is 12.6 Å². The fraction of sp³-hybridized carbons (Fsp3) is 0.577. The van der Waals surface area contributed by atoms with Crippen LogP contribution in [-0.2, 0) is 30.5 Å². The second-order valence-corrected chi connectivity index (χ2v) is 9.91. The Balaban J connectivity index is 2.76. The first-order valence-corrected chi connectivity index (χ1v) is 13.1. The van der Waals surface area contributed by atoms with E-state index < -0.39 is 54.4 Å². The molecule has 1 rings (SSSR count). The van der Waals surface area contributed by atoms with Gasteiger partial charge in [-0.15, -0.1) is 0 Å². The Morgan fingerprint density at radius 2 is 1.58 bits per heavy atom. The second kappa shape index (κ2) is 17.3. The van der Waals surface area contributed by atoms with Gasteiger partial charge in [-0.25, -0.2) is 9.59 Å². The number of carbonyl (C=O) groups excluding carboxylic acids is 4. The van der Waals surface area contributed by atoms with Gasteiger partial charge in [-0.1, -0.05) is 58.0 Å². The fourth-order valence-corrected chi connectivity index (χ4v) is 3.62. The van der Waals surface area contributed by atoms with Crippen molar-refractivity contribution in [2.75, 3.05) is 19.4 Å². The van der Waals surface area contributed by atoms with Crippen LogP contribution in [0.1, 0.15) is 46.1 Å². The van der Waals surface area contributed by atoms with E-state index in [9.17, 15) is 24.3 Å². The Bertz CT molecular complexity index is 941. The van der Waals surface area contributed by atoms with E-state index in [4.69, 9.17) is 9.47 Å². The maximum absolute atomic E-state index is 12.8. The van der Waals surface area contributed by atoms with E-state index in [1.165, 1.54) is 7.11 Å². The lowest BCUT2D eigenvalue weighted by Crippen LogP contribution is -2.55. The zero-order valence-corrected chi connectivity index (χ0v) is 23.5. The van der Waals surface area contributed by atoms with Crippen LogP contribution < -0.4 is 21.1 Å². The molecule has 0 saturated carbocycles. The summed E-state index contributed by atoms with van der Waals surface area (Å²) in [5, 5.41) is 19.8. The molecule has 3 N–H and O–H groups in total. The minimum atomic E-state index is -1.06. The van der Waals surface area contributed by atoms with Crippen molar-refractivity contribution in [3.63, 3.8) is 0 Å². The largest absolute Gasteiger partial charge is 0.861 e. The topological polar surface area (TPSA) is 158 Å². The normalized spacial score (nSPS) is 13.8. The van der Waals surface area contributed by atoms with Gasteiger partial charge in [0.2, 0.25) is 11.8 Å². The van der Waals surface area contributed by atoms with Gasteiger partial charge in [0.15, 0.2) is 0 Å². The third-order valence-corrected chi connectivity index (χ3v) is 5.59. The molecule has 0 heterocycles. The summed E-state index contributed by atoms with van der Waals surface area (Å²) in [7, 11) is 1.21. The third-order valence-electron chi connectivity index (χ3n) is 5.23. The molecule has 0 aliphatic carbocycles. The van der Waals surface area contributed by atoms with Crippen molar-refractivity contribution in [3.8, 4) is 0 Å². The molecule has 12 heteroatoms. The summed E-state index contributed by atoms with van der Waals surface area (Å²) < 4.78 is 9.85. The number of carbonyl (C=O) groups is 4. The first kappa shape index (κ1) is 32.7. The maximum atomic E-state index is 12.8. The highest BCUT2D eigenvalue weighted by molar-refractivity contribution is 7.80. The fourth-order valence-electron chi connectivity index (χ4n) is 3.37. The summed E-state index contributed by atoms with van der Waals surface area (Å²) in [6, 6.07) is 6.05. The van der Waals surface area contributed by atoms with Crippen molar-refractivity contribution < 1.29 is 33.8 Å². The number of alkyl carbamates (subject to hydrolysis) is 1. The first-order chi connectivity index (χ1) is 18.0. The molecule has 212 valence electrons. The van der Waals surface area contributed by atoms with Crippen molar-refractivity contribution in [2.45, 2.75) is 65.3 Å². The quantitative estimate of drug-likeness (QED) is 0.110. The average Bonchev–Trinajstić information content (AvgIpc) is 2.87. The molecule has 3 atom stereocenters. The first-order valence-electron chi connectivity index (χ1n) is 12.4. The van der Waals surface area contributed by atoms with E-state index in [2.05, 4.69) is 33.6 Å². The minimum absolute atomic E-state index is 0.0268. The standard InChI is InChI=1S/C26H40N4O7S/c1-16(2)11-19(23(32)27-13-22(31)28-20(12-17(3)4)25(34)36-5)29-24(33)21(15-38)30-26(35)37-14-18-9-7-6-8-10-18/h6-10,16-17,19-21,38H,11-15H2,1-5H3,(H,27,32)(H,28,31)(H,29,33)(H,30,35)/p-1/t19-,20-,21-/m0/s1. The van der Waals surface area contributed by atoms with Crippen molar-refractivity contribution in [3.05, 3.63) is 35.9 Å². The molecule has 0 radical (unpaired) electrons. The molecule has 0 fully saturated rings. The lowest BCUT2D eigenvalue weighted by molar-refractivity contribution is -0.218.